The van der Waals surface area contributed by atoms with Crippen LogP contribution in [0.3, 0.4) is 0 Å². The Bertz CT molecular complexity index is 560. The molecule has 110 valence electrons. The summed E-state index contributed by atoms with van der Waals surface area (Å²) in [5.41, 5.74) is 2.91. The molecule has 0 fully saturated rings. The minimum Gasteiger partial charge on any atom is -0.347 e. The third-order valence-electron chi connectivity index (χ3n) is 3.89. The number of hydrogen-bond donors (Lipinski definition) is 1. The molecular formula is C18H28N2. The lowest BCUT2D eigenvalue weighted by atomic mass is 10.1. The molecular weight excluding hydrogens is 244 g/mol. The number of nitrogens with zero attached hydrogens (tertiary/aromatic N) is 1. The second kappa shape index (κ2) is 6.01. The largest absolute Gasteiger partial charge is 0.347 e. The molecule has 1 unspecified atom stereocenters. The van der Waals surface area contributed by atoms with Crippen molar-refractivity contribution in [2.45, 2.75) is 59.7 Å². The summed E-state index contributed by atoms with van der Waals surface area (Å²) in [7, 11) is 0. The smallest absolute Gasteiger partial charge is 0.0483 e. The number of benzene rings is 1. The summed E-state index contributed by atoms with van der Waals surface area (Å²) in [6.07, 6.45) is 3.55. The molecule has 2 rings (SSSR count). The first kappa shape index (κ1) is 15.1. The maximum absolute atomic E-state index is 3.60. The fourth-order valence-electron chi connectivity index (χ4n) is 2.44. The average Bonchev–Trinajstić information content (AvgIpc) is 2.74. The Balaban J connectivity index is 2.30. The Morgan fingerprint density at radius 1 is 1.20 bits per heavy atom. The molecule has 1 atom stereocenters. The molecule has 0 aliphatic heterocycles. The molecule has 0 amide bonds. The molecule has 1 aromatic carbocycles. The third kappa shape index (κ3) is 3.63. The van der Waals surface area contributed by atoms with E-state index >= 15 is 0 Å². The van der Waals surface area contributed by atoms with Crippen LogP contribution < -0.4 is 5.32 Å². The first-order valence-electron chi connectivity index (χ1n) is 7.72. The summed E-state index contributed by atoms with van der Waals surface area (Å²) >= 11 is 0. The summed E-state index contributed by atoms with van der Waals surface area (Å²) in [6, 6.07) is 8.74. The number of para-hydroxylation sites is 1. The van der Waals surface area contributed by atoms with E-state index in [4.69, 9.17) is 0 Å². The minimum absolute atomic E-state index is 0.153. The predicted octanol–water partition coefficient (Wildman–Crippen LogP) is 4.58. The number of fused-ring (bicyclic) bond motifs is 1. The average molecular weight is 272 g/mol. The van der Waals surface area contributed by atoms with Gasteiger partial charge >= 0.3 is 0 Å². The van der Waals surface area contributed by atoms with E-state index in [-0.39, 0.29) is 5.54 Å². The van der Waals surface area contributed by atoms with Crippen LogP contribution in [0.25, 0.3) is 10.9 Å². The molecule has 0 aliphatic carbocycles. The van der Waals surface area contributed by atoms with Crippen LogP contribution in [-0.2, 0) is 13.1 Å². The van der Waals surface area contributed by atoms with Gasteiger partial charge in [0.1, 0.15) is 0 Å². The number of aromatic nitrogens is 1. The van der Waals surface area contributed by atoms with Crippen molar-refractivity contribution in [1.29, 1.82) is 0 Å². The predicted molar refractivity (Wildman–Crippen MR) is 88.0 cm³/mol. The monoisotopic (exact) mass is 272 g/mol. The van der Waals surface area contributed by atoms with Gasteiger partial charge in [0.2, 0.25) is 0 Å². The lowest BCUT2D eigenvalue weighted by Gasteiger charge is -2.20. The fraction of sp³-hybridized carbons (Fsp3) is 0.556. The highest BCUT2D eigenvalue weighted by atomic mass is 15.0. The highest BCUT2D eigenvalue weighted by Crippen LogP contribution is 2.23. The summed E-state index contributed by atoms with van der Waals surface area (Å²) in [5.74, 6) is 0.717. The van der Waals surface area contributed by atoms with Crippen LogP contribution >= 0.6 is 0 Å². The van der Waals surface area contributed by atoms with Gasteiger partial charge in [0.25, 0.3) is 0 Å². The Hall–Kier alpha value is -1.28. The van der Waals surface area contributed by atoms with Gasteiger partial charge < -0.3 is 9.88 Å². The van der Waals surface area contributed by atoms with Crippen molar-refractivity contribution >= 4 is 10.9 Å². The quantitative estimate of drug-likeness (QED) is 0.843. The van der Waals surface area contributed by atoms with Crippen molar-refractivity contribution in [2.24, 2.45) is 5.92 Å². The number of nitrogens with one attached hydrogen (secondary N) is 1. The highest BCUT2D eigenvalue weighted by Gasteiger charge is 2.13. The van der Waals surface area contributed by atoms with Crippen molar-refractivity contribution in [3.8, 4) is 0 Å². The van der Waals surface area contributed by atoms with Gasteiger partial charge in [-0.1, -0.05) is 38.5 Å². The Labute approximate surface area is 123 Å². The van der Waals surface area contributed by atoms with E-state index in [0.29, 0.717) is 5.92 Å². The van der Waals surface area contributed by atoms with Gasteiger partial charge in [0, 0.05) is 35.7 Å². The van der Waals surface area contributed by atoms with Crippen molar-refractivity contribution in [1.82, 2.24) is 9.88 Å². The maximum atomic E-state index is 3.60. The van der Waals surface area contributed by atoms with Gasteiger partial charge in [-0.15, -0.1) is 0 Å². The molecule has 0 spiro atoms. The number of hydrogen-bond acceptors (Lipinski definition) is 1. The van der Waals surface area contributed by atoms with Gasteiger partial charge in [0.05, 0.1) is 0 Å². The summed E-state index contributed by atoms with van der Waals surface area (Å²) < 4.78 is 2.42. The van der Waals surface area contributed by atoms with E-state index in [1.165, 1.54) is 22.9 Å². The zero-order valence-corrected chi connectivity index (χ0v) is 13.5. The number of rotatable bonds is 5. The SMILES string of the molecule is CCC(C)Cn1cc(CNC(C)(C)C)c2ccccc21. The van der Waals surface area contributed by atoms with E-state index in [0.717, 1.165) is 13.1 Å². The molecule has 1 heterocycles. The Morgan fingerprint density at radius 3 is 2.55 bits per heavy atom. The zero-order valence-electron chi connectivity index (χ0n) is 13.5. The standard InChI is InChI=1S/C18H28N2/c1-6-14(2)12-20-13-15(11-19-18(3,4)5)16-9-7-8-10-17(16)20/h7-10,13-14,19H,6,11-12H2,1-5H3. The van der Waals surface area contributed by atoms with Crippen LogP contribution in [0.2, 0.25) is 0 Å². The third-order valence-corrected chi connectivity index (χ3v) is 3.89. The molecule has 2 heteroatoms. The first-order chi connectivity index (χ1) is 9.40. The molecule has 0 radical (unpaired) electrons. The molecule has 0 aliphatic rings. The van der Waals surface area contributed by atoms with E-state index in [9.17, 15) is 0 Å². The summed E-state index contributed by atoms with van der Waals surface area (Å²) in [4.78, 5) is 0. The van der Waals surface area contributed by atoms with Crippen molar-refractivity contribution in [3.05, 3.63) is 36.0 Å². The second-order valence-electron chi connectivity index (χ2n) is 6.94. The van der Waals surface area contributed by atoms with Crippen LogP contribution in [0, 0.1) is 5.92 Å². The maximum Gasteiger partial charge on any atom is 0.0483 e. The van der Waals surface area contributed by atoms with Gasteiger partial charge in [-0.2, -0.15) is 0 Å². The Kier molecular flexibility index (Phi) is 4.54. The van der Waals surface area contributed by atoms with Gasteiger partial charge in [-0.25, -0.2) is 0 Å². The van der Waals surface area contributed by atoms with Crippen molar-refractivity contribution in [2.75, 3.05) is 0 Å². The molecule has 1 N–H and O–H groups in total. The lowest BCUT2D eigenvalue weighted by molar-refractivity contribution is 0.424. The van der Waals surface area contributed by atoms with Crippen molar-refractivity contribution in [3.63, 3.8) is 0 Å². The van der Waals surface area contributed by atoms with E-state index < -0.39 is 0 Å². The molecule has 0 saturated heterocycles. The molecule has 20 heavy (non-hydrogen) atoms. The molecule has 0 saturated carbocycles. The van der Waals surface area contributed by atoms with E-state index in [2.05, 4.69) is 75.0 Å². The van der Waals surface area contributed by atoms with Crippen LogP contribution in [0.15, 0.2) is 30.5 Å². The van der Waals surface area contributed by atoms with E-state index in [1.54, 1.807) is 0 Å². The second-order valence-corrected chi connectivity index (χ2v) is 6.94. The molecule has 0 bridgehead atoms. The molecule has 1 aromatic heterocycles. The fourth-order valence-corrected chi connectivity index (χ4v) is 2.44. The van der Waals surface area contributed by atoms with Crippen LogP contribution in [-0.4, -0.2) is 10.1 Å². The van der Waals surface area contributed by atoms with Gasteiger partial charge in [-0.3, -0.25) is 0 Å². The molecule has 2 nitrogen and oxygen atoms in total. The normalized spacial score (nSPS) is 13.8. The van der Waals surface area contributed by atoms with Crippen LogP contribution in [0.1, 0.15) is 46.6 Å². The molecule has 2 aromatic rings. The van der Waals surface area contributed by atoms with Crippen LogP contribution in [0.5, 0.6) is 0 Å². The van der Waals surface area contributed by atoms with Gasteiger partial charge in [-0.05, 0) is 38.3 Å². The van der Waals surface area contributed by atoms with Gasteiger partial charge in [0.15, 0.2) is 0 Å². The summed E-state index contributed by atoms with van der Waals surface area (Å²) in [6.45, 7) is 13.3. The topological polar surface area (TPSA) is 17.0 Å². The minimum atomic E-state index is 0.153. The lowest BCUT2D eigenvalue weighted by Crippen LogP contribution is -2.35. The first-order valence-corrected chi connectivity index (χ1v) is 7.72. The zero-order chi connectivity index (χ0) is 14.8. The Morgan fingerprint density at radius 2 is 1.90 bits per heavy atom. The van der Waals surface area contributed by atoms with E-state index in [1.807, 2.05) is 0 Å². The van der Waals surface area contributed by atoms with Crippen molar-refractivity contribution < 1.29 is 0 Å². The highest BCUT2D eigenvalue weighted by molar-refractivity contribution is 5.83. The van der Waals surface area contributed by atoms with Crippen LogP contribution in [0.4, 0.5) is 0 Å². The summed E-state index contributed by atoms with van der Waals surface area (Å²) in [5, 5.41) is 4.98.